The average molecular weight is 455 g/mol. The van der Waals surface area contributed by atoms with Crippen molar-refractivity contribution < 1.29 is 29.3 Å². The maximum absolute atomic E-state index is 12.6. The highest BCUT2D eigenvalue weighted by Gasteiger charge is 2.30. The van der Waals surface area contributed by atoms with E-state index in [9.17, 15) is 14.4 Å². The number of alkyl carbamates (subject to hydrolysis) is 1. The minimum Gasteiger partial charge on any atom is -0.480 e. The predicted molar refractivity (Wildman–Crippen MR) is 123 cm³/mol. The van der Waals surface area contributed by atoms with E-state index in [2.05, 4.69) is 22.8 Å². The molecule has 8 nitrogen and oxygen atoms in total. The molecule has 2 aromatic rings. The molecule has 0 fully saturated rings. The highest BCUT2D eigenvalue weighted by atomic mass is 16.5. The first-order valence-electron chi connectivity index (χ1n) is 11.1. The molecule has 33 heavy (non-hydrogen) atoms. The molecule has 1 aliphatic carbocycles. The van der Waals surface area contributed by atoms with Gasteiger partial charge in [-0.25, -0.2) is 9.59 Å². The molecule has 0 bridgehead atoms. The molecule has 8 heteroatoms. The smallest absolute Gasteiger partial charge is 0.407 e. The van der Waals surface area contributed by atoms with Gasteiger partial charge < -0.3 is 25.6 Å². The van der Waals surface area contributed by atoms with Gasteiger partial charge in [-0.1, -0.05) is 62.4 Å². The van der Waals surface area contributed by atoms with E-state index in [0.717, 1.165) is 22.3 Å². The van der Waals surface area contributed by atoms with E-state index in [4.69, 9.17) is 14.9 Å². The van der Waals surface area contributed by atoms with Crippen LogP contribution < -0.4 is 10.6 Å². The lowest BCUT2D eigenvalue weighted by molar-refractivity contribution is -0.142. The van der Waals surface area contributed by atoms with Gasteiger partial charge in [-0.15, -0.1) is 0 Å². The molecule has 0 saturated heterocycles. The fraction of sp³-hybridized carbons (Fsp3) is 0.400. The number of ether oxygens (including phenoxy) is 1. The van der Waals surface area contributed by atoms with Crippen LogP contribution in [0.2, 0.25) is 0 Å². The molecular formula is C25H30N2O6. The number of aliphatic hydroxyl groups is 1. The van der Waals surface area contributed by atoms with Crippen LogP contribution in [0.1, 0.15) is 43.7 Å². The second kappa shape index (κ2) is 11.0. The van der Waals surface area contributed by atoms with Crippen molar-refractivity contribution in [3.8, 4) is 11.1 Å². The van der Waals surface area contributed by atoms with Crippen molar-refractivity contribution in [3.05, 3.63) is 59.7 Å². The van der Waals surface area contributed by atoms with Gasteiger partial charge in [0.2, 0.25) is 5.91 Å². The third-order valence-corrected chi connectivity index (χ3v) is 5.91. The second-order valence-electron chi connectivity index (χ2n) is 8.50. The number of hydrogen-bond donors (Lipinski definition) is 4. The number of carbonyl (C=O) groups excluding carboxylic acids is 2. The van der Waals surface area contributed by atoms with Crippen LogP contribution in [-0.4, -0.2) is 53.5 Å². The molecule has 2 unspecified atom stereocenters. The van der Waals surface area contributed by atoms with Crippen molar-refractivity contribution in [2.75, 3.05) is 13.2 Å². The molecule has 0 heterocycles. The Morgan fingerprint density at radius 2 is 1.55 bits per heavy atom. The first-order valence-corrected chi connectivity index (χ1v) is 11.1. The molecule has 0 spiro atoms. The largest absolute Gasteiger partial charge is 0.480 e. The summed E-state index contributed by atoms with van der Waals surface area (Å²) in [5.74, 6) is -1.90. The average Bonchev–Trinajstić information content (AvgIpc) is 3.10. The second-order valence-corrected chi connectivity index (χ2v) is 8.50. The molecule has 3 rings (SSSR count). The van der Waals surface area contributed by atoms with Crippen LogP contribution in [0.25, 0.3) is 11.1 Å². The zero-order valence-corrected chi connectivity index (χ0v) is 18.8. The third-order valence-electron chi connectivity index (χ3n) is 5.91. The van der Waals surface area contributed by atoms with Crippen molar-refractivity contribution in [2.45, 2.75) is 44.7 Å². The first-order chi connectivity index (χ1) is 15.8. The maximum Gasteiger partial charge on any atom is 0.407 e. The van der Waals surface area contributed by atoms with E-state index in [-0.39, 0.29) is 37.9 Å². The predicted octanol–water partition coefficient (Wildman–Crippen LogP) is 2.89. The third kappa shape index (κ3) is 5.90. The fourth-order valence-electron chi connectivity index (χ4n) is 4.08. The van der Waals surface area contributed by atoms with E-state index in [1.54, 1.807) is 0 Å². The lowest BCUT2D eigenvalue weighted by atomic mass is 9.98. The van der Waals surface area contributed by atoms with Crippen LogP contribution >= 0.6 is 0 Å². The van der Waals surface area contributed by atoms with Crippen molar-refractivity contribution in [2.24, 2.45) is 5.92 Å². The molecule has 0 radical (unpaired) electrons. The molecule has 0 saturated carbocycles. The summed E-state index contributed by atoms with van der Waals surface area (Å²) in [6.07, 6.45) is -0.821. The van der Waals surface area contributed by atoms with Crippen LogP contribution in [0.3, 0.4) is 0 Å². The Morgan fingerprint density at radius 3 is 2.06 bits per heavy atom. The minimum atomic E-state index is -1.22. The van der Waals surface area contributed by atoms with Gasteiger partial charge in [0.25, 0.3) is 0 Å². The molecule has 1 aliphatic rings. The Bertz CT molecular complexity index is 960. The number of fused-ring (bicyclic) bond motifs is 3. The lowest BCUT2D eigenvalue weighted by Crippen LogP contribution is -2.46. The number of hydrogen-bond acceptors (Lipinski definition) is 5. The molecule has 4 N–H and O–H groups in total. The van der Waals surface area contributed by atoms with Crippen LogP contribution in [-0.2, 0) is 14.3 Å². The molecular weight excluding hydrogens is 424 g/mol. The van der Waals surface area contributed by atoms with Crippen molar-refractivity contribution in [1.82, 2.24) is 10.6 Å². The molecule has 2 amide bonds. The number of amides is 2. The van der Waals surface area contributed by atoms with Crippen LogP contribution in [0.15, 0.2) is 48.5 Å². The Hall–Kier alpha value is -3.39. The summed E-state index contributed by atoms with van der Waals surface area (Å²) in [4.78, 5) is 36.1. The number of benzene rings is 2. The van der Waals surface area contributed by atoms with E-state index in [1.807, 2.05) is 50.2 Å². The molecule has 0 aromatic heterocycles. The lowest BCUT2D eigenvalue weighted by Gasteiger charge is -2.23. The van der Waals surface area contributed by atoms with Gasteiger partial charge in [0.1, 0.15) is 12.6 Å². The fourth-order valence-corrected chi connectivity index (χ4v) is 4.08. The monoisotopic (exact) mass is 454 g/mol. The van der Waals surface area contributed by atoms with Gasteiger partial charge in [-0.05, 0) is 28.2 Å². The molecule has 2 aromatic carbocycles. The topological polar surface area (TPSA) is 125 Å². The summed E-state index contributed by atoms with van der Waals surface area (Å²) in [5, 5.41) is 23.2. The van der Waals surface area contributed by atoms with Gasteiger partial charge in [-0.2, -0.15) is 0 Å². The standard InChI is InChI=1S/C25H30N2O6/c1-15(2)22(13-23(29)26-21(11-12-28)24(30)31)27-25(32)33-14-20-18-9-5-3-7-16(18)17-8-4-6-10-19(17)20/h3-10,15,20-22,28H,11-14H2,1-2H3,(H,26,29)(H,27,32)(H,30,31). The Balaban J connectivity index is 1.60. The van der Waals surface area contributed by atoms with E-state index < -0.39 is 30.1 Å². The maximum atomic E-state index is 12.6. The first kappa shape index (κ1) is 24.3. The summed E-state index contributed by atoms with van der Waals surface area (Å²) < 4.78 is 5.55. The highest BCUT2D eigenvalue weighted by Crippen LogP contribution is 2.44. The summed E-state index contributed by atoms with van der Waals surface area (Å²) in [7, 11) is 0. The number of rotatable bonds is 10. The molecule has 0 aliphatic heterocycles. The van der Waals surface area contributed by atoms with E-state index in [0.29, 0.717) is 0 Å². The molecule has 176 valence electrons. The van der Waals surface area contributed by atoms with Crippen LogP contribution in [0.4, 0.5) is 4.79 Å². The van der Waals surface area contributed by atoms with Crippen LogP contribution in [0, 0.1) is 5.92 Å². The van der Waals surface area contributed by atoms with Crippen molar-refractivity contribution in [3.63, 3.8) is 0 Å². The highest BCUT2D eigenvalue weighted by molar-refractivity contribution is 5.84. The number of aliphatic hydroxyl groups excluding tert-OH is 1. The van der Waals surface area contributed by atoms with E-state index in [1.165, 1.54) is 0 Å². The molecule has 2 atom stereocenters. The van der Waals surface area contributed by atoms with Gasteiger partial charge in [0.15, 0.2) is 0 Å². The number of nitrogens with one attached hydrogen (secondary N) is 2. The summed E-state index contributed by atoms with van der Waals surface area (Å²) in [6, 6.07) is 14.4. The quantitative estimate of drug-likeness (QED) is 0.438. The van der Waals surface area contributed by atoms with Crippen molar-refractivity contribution >= 4 is 18.0 Å². The Morgan fingerprint density at radius 1 is 0.970 bits per heavy atom. The number of aliphatic carboxylic acids is 1. The van der Waals surface area contributed by atoms with Gasteiger partial charge in [0, 0.05) is 31.4 Å². The van der Waals surface area contributed by atoms with Crippen LogP contribution in [0.5, 0.6) is 0 Å². The normalized spacial score (nSPS) is 14.2. The Labute approximate surface area is 193 Å². The number of carboxylic acids is 1. The van der Waals surface area contributed by atoms with Gasteiger partial charge in [0.05, 0.1) is 0 Å². The van der Waals surface area contributed by atoms with E-state index >= 15 is 0 Å². The van der Waals surface area contributed by atoms with Gasteiger partial charge >= 0.3 is 12.1 Å². The van der Waals surface area contributed by atoms with Crippen molar-refractivity contribution in [1.29, 1.82) is 0 Å². The zero-order chi connectivity index (χ0) is 24.0. The summed E-state index contributed by atoms with van der Waals surface area (Å²) >= 11 is 0. The summed E-state index contributed by atoms with van der Waals surface area (Å²) in [6.45, 7) is 3.51. The number of carbonyl (C=O) groups is 3. The SMILES string of the molecule is CC(C)C(CC(=O)NC(CCO)C(=O)O)NC(=O)OCC1c2ccccc2-c2ccccc21. The van der Waals surface area contributed by atoms with Gasteiger partial charge in [-0.3, -0.25) is 4.79 Å². The summed E-state index contributed by atoms with van der Waals surface area (Å²) in [5.41, 5.74) is 4.48. The Kier molecular flexibility index (Phi) is 8.06. The minimum absolute atomic E-state index is 0.0706. The zero-order valence-electron chi connectivity index (χ0n) is 18.8. The number of carboxylic acid groups (broad SMARTS) is 1.